The van der Waals surface area contributed by atoms with Gasteiger partial charge in [-0.1, -0.05) is 37.3 Å². The van der Waals surface area contributed by atoms with Gasteiger partial charge in [-0.3, -0.25) is 4.99 Å². The van der Waals surface area contributed by atoms with Crippen LogP contribution < -0.4 is 5.32 Å². The predicted octanol–water partition coefficient (Wildman–Crippen LogP) is 5.76. The summed E-state index contributed by atoms with van der Waals surface area (Å²) in [5.74, 6) is 0. The molecule has 0 aliphatic carbocycles. The van der Waals surface area contributed by atoms with E-state index in [0.29, 0.717) is 6.04 Å². The minimum atomic E-state index is 0.374. The number of aliphatic imine (C=N–C) groups is 1. The maximum absolute atomic E-state index is 4.63. The molecule has 0 saturated heterocycles. The Labute approximate surface area is 143 Å². The summed E-state index contributed by atoms with van der Waals surface area (Å²) in [5.41, 5.74) is 6.04. The molecule has 0 aromatic carbocycles. The number of hydrogen-bond acceptors (Lipinski definition) is 2. The lowest BCUT2D eigenvalue weighted by molar-refractivity contribution is 0.720. The zero-order valence-corrected chi connectivity index (χ0v) is 16.0. The zero-order chi connectivity index (χ0) is 17.8. The monoisotopic (exact) mass is 314 g/mol. The Kier molecular flexibility index (Phi) is 10.8. The molecule has 0 rings (SSSR count). The zero-order valence-electron chi connectivity index (χ0n) is 16.0. The van der Waals surface area contributed by atoms with Crippen LogP contribution in [0.15, 0.2) is 63.9 Å². The van der Waals surface area contributed by atoms with Crippen molar-refractivity contribution in [2.24, 2.45) is 4.99 Å². The van der Waals surface area contributed by atoms with Crippen LogP contribution in [0.25, 0.3) is 0 Å². The van der Waals surface area contributed by atoms with Crippen LogP contribution in [0.3, 0.4) is 0 Å². The largest absolute Gasteiger partial charge is 0.392 e. The molecule has 0 saturated carbocycles. The van der Waals surface area contributed by atoms with Crippen LogP contribution in [0.1, 0.15) is 54.4 Å². The van der Waals surface area contributed by atoms with Crippen molar-refractivity contribution in [3.8, 4) is 0 Å². The molecular formula is C21H34N2. The topological polar surface area (TPSA) is 24.4 Å². The van der Waals surface area contributed by atoms with Crippen molar-refractivity contribution in [2.75, 3.05) is 7.05 Å². The van der Waals surface area contributed by atoms with Crippen LogP contribution in [-0.2, 0) is 0 Å². The first-order chi connectivity index (χ1) is 10.9. The Morgan fingerprint density at radius 2 is 1.87 bits per heavy atom. The summed E-state index contributed by atoms with van der Waals surface area (Å²) in [4.78, 5) is 4.63. The van der Waals surface area contributed by atoms with E-state index in [0.717, 1.165) is 24.1 Å². The van der Waals surface area contributed by atoms with E-state index in [4.69, 9.17) is 0 Å². The summed E-state index contributed by atoms with van der Waals surface area (Å²) in [6.45, 7) is 16.6. The number of rotatable bonds is 9. The number of nitrogens with one attached hydrogen (secondary N) is 1. The molecule has 0 aromatic heterocycles. The van der Waals surface area contributed by atoms with Gasteiger partial charge >= 0.3 is 0 Å². The first kappa shape index (κ1) is 21.2. The third-order valence-electron chi connectivity index (χ3n) is 3.89. The molecule has 2 nitrogen and oxygen atoms in total. The smallest absolute Gasteiger partial charge is 0.0468 e. The Morgan fingerprint density at radius 3 is 2.30 bits per heavy atom. The second-order valence-corrected chi connectivity index (χ2v) is 5.95. The fourth-order valence-electron chi connectivity index (χ4n) is 1.90. The van der Waals surface area contributed by atoms with Crippen molar-refractivity contribution < 1.29 is 0 Å². The summed E-state index contributed by atoms with van der Waals surface area (Å²) < 4.78 is 0. The highest BCUT2D eigenvalue weighted by Crippen LogP contribution is 2.18. The van der Waals surface area contributed by atoms with Crippen LogP contribution in [0.4, 0.5) is 0 Å². The lowest BCUT2D eigenvalue weighted by Gasteiger charge is -2.09. The number of nitrogens with zero attached hydrogens (tertiary/aromatic N) is 1. The third-order valence-corrected chi connectivity index (χ3v) is 3.89. The molecule has 1 unspecified atom stereocenters. The average Bonchev–Trinajstić information content (AvgIpc) is 2.54. The average molecular weight is 315 g/mol. The van der Waals surface area contributed by atoms with Crippen LogP contribution in [-0.4, -0.2) is 19.3 Å². The summed E-state index contributed by atoms with van der Waals surface area (Å²) in [6, 6.07) is 0.374. The van der Waals surface area contributed by atoms with Gasteiger partial charge in [0, 0.05) is 25.0 Å². The van der Waals surface area contributed by atoms with E-state index >= 15 is 0 Å². The van der Waals surface area contributed by atoms with E-state index in [-0.39, 0.29) is 0 Å². The molecule has 0 heterocycles. The Bertz CT molecular complexity index is 524. The van der Waals surface area contributed by atoms with Crippen molar-refractivity contribution in [3.63, 3.8) is 0 Å². The molecule has 0 aliphatic heterocycles. The highest BCUT2D eigenvalue weighted by molar-refractivity contribution is 5.80. The molecule has 0 amide bonds. The standard InChI is InChI=1S/C21H34N2/c1-9-17(6)23-15-21(16(4)5)13-12-20(14-18(7)22-8)19(10-2)11-3/h10-12,14-15,17,22H,2,9,13H2,1,3-8H3/b18-14+,19-11-,20-12-,23-15?. The minimum Gasteiger partial charge on any atom is -0.392 e. The van der Waals surface area contributed by atoms with Gasteiger partial charge in [-0.25, -0.2) is 0 Å². The van der Waals surface area contributed by atoms with Gasteiger partial charge in [-0.15, -0.1) is 0 Å². The molecule has 1 atom stereocenters. The van der Waals surface area contributed by atoms with Gasteiger partial charge in [-0.2, -0.15) is 0 Å². The molecule has 0 spiro atoms. The fourth-order valence-corrected chi connectivity index (χ4v) is 1.90. The first-order valence-electron chi connectivity index (χ1n) is 8.44. The minimum absolute atomic E-state index is 0.374. The number of allylic oxidation sites excluding steroid dienone is 9. The summed E-state index contributed by atoms with van der Waals surface area (Å²) in [6.07, 6.45) is 12.4. The summed E-state index contributed by atoms with van der Waals surface area (Å²) in [7, 11) is 1.94. The second-order valence-electron chi connectivity index (χ2n) is 5.95. The molecular weight excluding hydrogens is 280 g/mol. The van der Waals surface area contributed by atoms with Gasteiger partial charge in [-0.05, 0) is 70.3 Å². The van der Waals surface area contributed by atoms with Crippen molar-refractivity contribution in [2.45, 2.75) is 60.4 Å². The molecule has 0 fully saturated rings. The summed E-state index contributed by atoms with van der Waals surface area (Å²) in [5, 5.41) is 3.18. The highest BCUT2D eigenvalue weighted by atomic mass is 14.8. The Hall–Kier alpha value is -1.83. The van der Waals surface area contributed by atoms with E-state index < -0.39 is 0 Å². The van der Waals surface area contributed by atoms with Crippen molar-refractivity contribution in [1.29, 1.82) is 0 Å². The molecule has 0 aliphatic rings. The SMILES string of the molecule is C=CC(=C/C)/C(=C\CC(C=NC(C)CC)=C(C)C)/C=C(\C)NC. The molecule has 2 heteroatoms. The summed E-state index contributed by atoms with van der Waals surface area (Å²) >= 11 is 0. The van der Waals surface area contributed by atoms with Crippen LogP contribution in [0.2, 0.25) is 0 Å². The molecule has 0 radical (unpaired) electrons. The molecule has 0 bridgehead atoms. The van der Waals surface area contributed by atoms with E-state index in [2.05, 4.69) is 69.7 Å². The maximum atomic E-state index is 4.63. The van der Waals surface area contributed by atoms with Gasteiger partial charge in [0.1, 0.15) is 0 Å². The quantitative estimate of drug-likeness (QED) is 0.424. The lowest BCUT2D eigenvalue weighted by Crippen LogP contribution is -2.02. The van der Waals surface area contributed by atoms with Gasteiger partial charge in [0.25, 0.3) is 0 Å². The Balaban J connectivity index is 5.52. The van der Waals surface area contributed by atoms with E-state index in [9.17, 15) is 0 Å². The van der Waals surface area contributed by atoms with Gasteiger partial charge in [0.05, 0.1) is 0 Å². The van der Waals surface area contributed by atoms with E-state index in [1.165, 1.54) is 16.7 Å². The number of hydrogen-bond donors (Lipinski definition) is 1. The van der Waals surface area contributed by atoms with Crippen LogP contribution >= 0.6 is 0 Å². The molecule has 1 N–H and O–H groups in total. The Morgan fingerprint density at radius 1 is 1.22 bits per heavy atom. The second kappa shape index (κ2) is 11.7. The van der Waals surface area contributed by atoms with Crippen molar-refractivity contribution in [1.82, 2.24) is 5.32 Å². The van der Waals surface area contributed by atoms with Gasteiger partial charge in [0.2, 0.25) is 0 Å². The maximum Gasteiger partial charge on any atom is 0.0468 e. The van der Waals surface area contributed by atoms with E-state index in [1.54, 1.807) is 0 Å². The van der Waals surface area contributed by atoms with Crippen LogP contribution in [0.5, 0.6) is 0 Å². The molecule has 0 aromatic rings. The molecule has 23 heavy (non-hydrogen) atoms. The van der Waals surface area contributed by atoms with E-state index in [1.807, 2.05) is 26.3 Å². The predicted molar refractivity (Wildman–Crippen MR) is 106 cm³/mol. The lowest BCUT2D eigenvalue weighted by atomic mass is 10.00. The van der Waals surface area contributed by atoms with Gasteiger partial charge in [0.15, 0.2) is 0 Å². The van der Waals surface area contributed by atoms with Crippen LogP contribution in [0, 0.1) is 0 Å². The molecule has 128 valence electrons. The normalized spacial score (nSPS) is 14.8. The van der Waals surface area contributed by atoms with Crippen molar-refractivity contribution in [3.05, 3.63) is 58.9 Å². The third kappa shape index (κ3) is 8.39. The first-order valence-corrected chi connectivity index (χ1v) is 8.44. The fraction of sp³-hybridized carbons (Fsp3) is 0.476. The van der Waals surface area contributed by atoms with Gasteiger partial charge < -0.3 is 5.32 Å². The van der Waals surface area contributed by atoms with Crippen molar-refractivity contribution >= 4 is 6.21 Å². The highest BCUT2D eigenvalue weighted by Gasteiger charge is 2.02.